The van der Waals surface area contributed by atoms with Gasteiger partial charge in [-0.05, 0) is 43.2 Å². The molecule has 0 aromatic heterocycles. The smallest absolute Gasteiger partial charge is 0.375 e. The first-order valence-corrected chi connectivity index (χ1v) is 11.4. The summed E-state index contributed by atoms with van der Waals surface area (Å²) in [5, 5.41) is 0. The molecule has 2 aromatic rings. The maximum Gasteiger partial charge on any atom is 0.420 e. The Kier molecular flexibility index (Phi) is 6.36. The fraction of sp³-hybridized carbons (Fsp3) is 0.346. The lowest BCUT2D eigenvalue weighted by molar-refractivity contribution is -0.127. The number of urea groups is 1. The van der Waals surface area contributed by atoms with Gasteiger partial charge in [-0.2, -0.15) is 4.48 Å². The largest absolute Gasteiger partial charge is 0.420 e. The SMILES string of the molecule is C#Cc1ccc([N+]2(C(N)=O)C[C@H](OC)C[C@]2(C(N)=O)c2ccc(C(=O)N3CCCC3)cc2F)cc1. The van der Waals surface area contributed by atoms with Crippen LogP contribution >= 0.6 is 0 Å². The molecule has 3 atom stereocenters. The van der Waals surface area contributed by atoms with Crippen LogP contribution in [0.2, 0.25) is 0 Å². The zero-order valence-corrected chi connectivity index (χ0v) is 19.5. The number of likely N-dealkylation sites (tertiary alicyclic amines) is 2. The predicted molar refractivity (Wildman–Crippen MR) is 128 cm³/mol. The molecule has 0 spiro atoms. The molecular weight excluding hydrogens is 451 g/mol. The van der Waals surface area contributed by atoms with Crippen LogP contribution in [0.15, 0.2) is 42.5 Å². The van der Waals surface area contributed by atoms with Crippen LogP contribution in [0.3, 0.4) is 0 Å². The number of methoxy groups -OCH3 is 1. The first-order chi connectivity index (χ1) is 16.7. The van der Waals surface area contributed by atoms with Crippen molar-refractivity contribution in [3.8, 4) is 12.3 Å². The van der Waals surface area contributed by atoms with E-state index < -0.39 is 33.9 Å². The van der Waals surface area contributed by atoms with Gasteiger partial charge in [0.15, 0.2) is 0 Å². The molecule has 35 heavy (non-hydrogen) atoms. The van der Waals surface area contributed by atoms with Crippen molar-refractivity contribution >= 4 is 23.5 Å². The Labute approximate surface area is 203 Å². The third-order valence-electron chi connectivity index (χ3n) is 7.30. The number of primary amides is 2. The molecule has 2 heterocycles. The molecule has 0 bridgehead atoms. The topological polar surface area (TPSA) is 116 Å². The van der Waals surface area contributed by atoms with Gasteiger partial charge in [-0.25, -0.2) is 9.18 Å². The van der Waals surface area contributed by atoms with Crippen molar-refractivity contribution in [1.29, 1.82) is 0 Å². The van der Waals surface area contributed by atoms with Crippen molar-refractivity contribution in [1.82, 2.24) is 9.38 Å². The van der Waals surface area contributed by atoms with Crippen molar-refractivity contribution in [2.24, 2.45) is 11.5 Å². The summed E-state index contributed by atoms with van der Waals surface area (Å²) in [6, 6.07) is 9.40. The maximum atomic E-state index is 15.8. The lowest BCUT2D eigenvalue weighted by atomic mass is 9.82. The molecule has 4 rings (SSSR count). The van der Waals surface area contributed by atoms with E-state index in [1.165, 1.54) is 19.2 Å². The number of carbonyl (C=O) groups excluding carboxylic acids is 3. The highest BCUT2D eigenvalue weighted by molar-refractivity contribution is 6.00. The summed E-state index contributed by atoms with van der Waals surface area (Å²) in [5.74, 6) is 0.446. The predicted octanol–water partition coefficient (Wildman–Crippen LogP) is 2.23. The van der Waals surface area contributed by atoms with E-state index in [0.29, 0.717) is 24.3 Å². The molecule has 2 fully saturated rings. The molecule has 2 saturated heterocycles. The number of amides is 4. The third kappa shape index (κ3) is 3.66. The minimum atomic E-state index is -1.91. The van der Waals surface area contributed by atoms with E-state index in [9.17, 15) is 14.4 Å². The normalized spacial score (nSPS) is 25.9. The highest BCUT2D eigenvalue weighted by Crippen LogP contribution is 2.50. The van der Waals surface area contributed by atoms with Gasteiger partial charge in [0.25, 0.3) is 11.8 Å². The van der Waals surface area contributed by atoms with Gasteiger partial charge in [0.05, 0.1) is 5.56 Å². The van der Waals surface area contributed by atoms with Gasteiger partial charge >= 0.3 is 6.03 Å². The fourth-order valence-electron chi connectivity index (χ4n) is 5.54. The quantitative estimate of drug-likeness (QED) is 0.505. The molecule has 9 heteroatoms. The number of terminal acetylenes is 1. The number of nitrogens with two attached hydrogens (primary N) is 2. The zero-order chi connectivity index (χ0) is 25.4. The van der Waals surface area contributed by atoms with Crippen molar-refractivity contribution in [2.45, 2.75) is 30.9 Å². The Morgan fingerprint density at radius 3 is 2.31 bits per heavy atom. The van der Waals surface area contributed by atoms with Gasteiger partial charge < -0.3 is 21.1 Å². The van der Waals surface area contributed by atoms with Crippen LogP contribution in [-0.4, -0.2) is 55.6 Å². The molecule has 0 radical (unpaired) electrons. The minimum absolute atomic E-state index is 0.0436. The van der Waals surface area contributed by atoms with Crippen LogP contribution in [0, 0.1) is 18.2 Å². The minimum Gasteiger partial charge on any atom is -0.375 e. The Morgan fingerprint density at radius 2 is 1.80 bits per heavy atom. The van der Waals surface area contributed by atoms with Crippen LogP contribution in [-0.2, 0) is 15.1 Å². The molecule has 0 saturated carbocycles. The number of nitrogens with zero attached hydrogens (tertiary/aromatic N) is 2. The number of quaternary nitrogens is 1. The van der Waals surface area contributed by atoms with Crippen LogP contribution in [0.5, 0.6) is 0 Å². The van der Waals surface area contributed by atoms with Gasteiger partial charge in [-0.15, -0.1) is 6.42 Å². The summed E-state index contributed by atoms with van der Waals surface area (Å²) in [6.45, 7) is 1.18. The number of benzene rings is 2. The van der Waals surface area contributed by atoms with Crippen molar-refractivity contribution < 1.29 is 23.5 Å². The fourth-order valence-corrected chi connectivity index (χ4v) is 5.54. The molecule has 4 amide bonds. The van der Waals surface area contributed by atoms with Crippen molar-refractivity contribution in [3.05, 3.63) is 65.0 Å². The summed E-state index contributed by atoms with van der Waals surface area (Å²) in [7, 11) is 1.44. The van der Waals surface area contributed by atoms with Crippen LogP contribution in [0.1, 0.15) is 40.7 Å². The molecular formula is C26H28FN4O4+. The molecule has 1 unspecified atom stereocenters. The first-order valence-electron chi connectivity index (χ1n) is 11.4. The first kappa shape index (κ1) is 24.4. The lowest BCUT2D eigenvalue weighted by Crippen LogP contribution is -2.70. The molecule has 2 aliphatic heterocycles. The second-order valence-corrected chi connectivity index (χ2v) is 9.00. The molecule has 0 aliphatic carbocycles. The third-order valence-corrected chi connectivity index (χ3v) is 7.30. The highest BCUT2D eigenvalue weighted by atomic mass is 19.1. The average molecular weight is 480 g/mol. The Morgan fingerprint density at radius 1 is 1.14 bits per heavy atom. The van der Waals surface area contributed by atoms with Gasteiger partial charge in [0, 0.05) is 49.9 Å². The van der Waals surface area contributed by atoms with E-state index in [0.717, 1.165) is 18.9 Å². The van der Waals surface area contributed by atoms with E-state index in [1.807, 2.05) is 0 Å². The molecule has 4 N–H and O–H groups in total. The Balaban J connectivity index is 1.92. The van der Waals surface area contributed by atoms with Crippen LogP contribution < -0.4 is 16.0 Å². The number of ether oxygens (including phenoxy) is 1. The summed E-state index contributed by atoms with van der Waals surface area (Å²) in [5.41, 5.74) is 10.9. The standard InChI is InChI=1S/C26H27FN4O4/c1-3-17-6-9-19(10-7-17)31(25(29)34)16-20(35-2)15-26(31,24(28)33)21-11-8-18(14-22(21)27)23(32)30-12-4-5-13-30/h1,6-11,14,20H,4-5,12-13,15-16H2,2H3,(H3-,28,29,33,34)/p+1/t20-,26-,31?/m1/s1. The Hall–Kier alpha value is -3.74. The van der Waals surface area contributed by atoms with Crippen LogP contribution in [0.4, 0.5) is 14.9 Å². The summed E-state index contributed by atoms with van der Waals surface area (Å²) < 4.78 is 20.6. The second-order valence-electron chi connectivity index (χ2n) is 9.00. The number of hydrogen-bond acceptors (Lipinski definition) is 4. The zero-order valence-electron chi connectivity index (χ0n) is 19.5. The van der Waals surface area contributed by atoms with E-state index in [1.54, 1.807) is 29.2 Å². The van der Waals surface area contributed by atoms with E-state index in [4.69, 9.17) is 22.6 Å². The average Bonchev–Trinajstić information content (AvgIpc) is 3.51. The summed E-state index contributed by atoms with van der Waals surface area (Å²) >= 11 is 0. The number of halogens is 1. The Bertz CT molecular complexity index is 1220. The number of hydrogen-bond donors (Lipinski definition) is 2. The van der Waals surface area contributed by atoms with Gasteiger partial charge in [-0.3, -0.25) is 9.59 Å². The second kappa shape index (κ2) is 9.13. The van der Waals surface area contributed by atoms with Gasteiger partial charge in [-0.1, -0.05) is 5.92 Å². The van der Waals surface area contributed by atoms with E-state index in [-0.39, 0.29) is 30.0 Å². The molecule has 2 aromatic carbocycles. The maximum absolute atomic E-state index is 15.8. The van der Waals surface area contributed by atoms with E-state index in [2.05, 4.69) is 5.92 Å². The lowest BCUT2D eigenvalue weighted by Gasteiger charge is -2.42. The number of rotatable bonds is 5. The summed E-state index contributed by atoms with van der Waals surface area (Å²) in [4.78, 5) is 40.9. The summed E-state index contributed by atoms with van der Waals surface area (Å²) in [6.07, 6.45) is 6.54. The van der Waals surface area contributed by atoms with Crippen molar-refractivity contribution in [3.63, 3.8) is 0 Å². The molecule has 8 nitrogen and oxygen atoms in total. The monoisotopic (exact) mass is 479 g/mol. The van der Waals surface area contributed by atoms with Gasteiger partial charge in [0.1, 0.15) is 24.2 Å². The van der Waals surface area contributed by atoms with Gasteiger partial charge in [0.2, 0.25) is 5.54 Å². The van der Waals surface area contributed by atoms with Crippen molar-refractivity contribution in [2.75, 3.05) is 26.7 Å². The highest BCUT2D eigenvalue weighted by Gasteiger charge is 2.69. The van der Waals surface area contributed by atoms with Crippen LogP contribution in [0.25, 0.3) is 0 Å². The van der Waals surface area contributed by atoms with E-state index >= 15 is 4.39 Å². The number of carbonyl (C=O) groups is 3. The molecule has 182 valence electrons. The molecule has 2 aliphatic rings.